The van der Waals surface area contributed by atoms with Gasteiger partial charge in [-0.05, 0) is 18.1 Å². The second-order valence-electron chi connectivity index (χ2n) is 4.01. The van der Waals surface area contributed by atoms with Crippen molar-refractivity contribution in [3.8, 4) is 0 Å². The number of urea groups is 1. The summed E-state index contributed by atoms with van der Waals surface area (Å²) >= 11 is 0. The van der Waals surface area contributed by atoms with Gasteiger partial charge in [-0.1, -0.05) is 18.2 Å². The predicted octanol–water partition coefficient (Wildman–Crippen LogP) is 0.364. The zero-order chi connectivity index (χ0) is 14.1. The third-order valence-electron chi connectivity index (χ3n) is 2.66. The van der Waals surface area contributed by atoms with Crippen LogP contribution in [0.25, 0.3) is 0 Å². The number of halogens is 1. The minimum Gasteiger partial charge on any atom is -0.395 e. The molecule has 0 fully saturated rings. The number of carbonyl (C=O) groups excluding carboxylic acids is 1. The van der Waals surface area contributed by atoms with Crippen LogP contribution in [0.3, 0.4) is 0 Å². The van der Waals surface area contributed by atoms with Crippen LogP contribution in [0.1, 0.15) is 5.56 Å². The molecule has 0 unspecified atom stereocenters. The molecule has 0 radical (unpaired) electrons. The Balaban J connectivity index is 2.39. The van der Waals surface area contributed by atoms with Crippen LogP contribution in [0.15, 0.2) is 24.3 Å². The van der Waals surface area contributed by atoms with Gasteiger partial charge in [-0.2, -0.15) is 0 Å². The number of aliphatic hydroxyl groups is 2. The van der Waals surface area contributed by atoms with E-state index in [1.54, 1.807) is 18.2 Å². The molecule has 0 atom stereocenters. The third-order valence-corrected chi connectivity index (χ3v) is 2.66. The van der Waals surface area contributed by atoms with Gasteiger partial charge in [0.05, 0.1) is 13.2 Å². The normalized spacial score (nSPS) is 10.3. The van der Waals surface area contributed by atoms with E-state index in [9.17, 15) is 9.18 Å². The number of rotatable bonds is 7. The van der Waals surface area contributed by atoms with Crippen molar-refractivity contribution in [1.82, 2.24) is 10.2 Å². The lowest BCUT2D eigenvalue weighted by molar-refractivity contribution is 0.158. The van der Waals surface area contributed by atoms with Gasteiger partial charge in [0.2, 0.25) is 0 Å². The zero-order valence-corrected chi connectivity index (χ0v) is 10.7. The smallest absolute Gasteiger partial charge is 0.317 e. The average molecular weight is 270 g/mol. The van der Waals surface area contributed by atoms with Gasteiger partial charge in [0, 0.05) is 19.6 Å². The Labute approximate surface area is 111 Å². The van der Waals surface area contributed by atoms with E-state index in [2.05, 4.69) is 5.32 Å². The van der Waals surface area contributed by atoms with Crippen LogP contribution in [0, 0.1) is 5.82 Å². The van der Waals surface area contributed by atoms with Crippen molar-refractivity contribution in [2.75, 3.05) is 32.8 Å². The summed E-state index contributed by atoms with van der Waals surface area (Å²) in [6.45, 7) is 0.284. The van der Waals surface area contributed by atoms with Crippen LogP contribution in [0.4, 0.5) is 9.18 Å². The lowest BCUT2D eigenvalue weighted by Gasteiger charge is -2.21. The Morgan fingerprint density at radius 1 is 1.21 bits per heavy atom. The van der Waals surface area contributed by atoms with Gasteiger partial charge < -0.3 is 20.4 Å². The van der Waals surface area contributed by atoms with Crippen molar-refractivity contribution < 1.29 is 19.4 Å². The molecule has 0 bridgehead atoms. The van der Waals surface area contributed by atoms with Crippen LogP contribution in [0.2, 0.25) is 0 Å². The standard InChI is InChI=1S/C13H19FN2O3/c14-12-4-2-1-3-11(12)5-6-15-13(19)16(7-9-17)8-10-18/h1-4,17-18H,5-10H2,(H,15,19). The molecule has 2 amide bonds. The van der Waals surface area contributed by atoms with Crippen LogP contribution in [0.5, 0.6) is 0 Å². The first-order valence-corrected chi connectivity index (χ1v) is 6.17. The van der Waals surface area contributed by atoms with E-state index < -0.39 is 0 Å². The molecule has 0 heterocycles. The first-order valence-electron chi connectivity index (χ1n) is 6.17. The fourth-order valence-corrected chi connectivity index (χ4v) is 1.67. The Bertz CT molecular complexity index is 395. The van der Waals surface area contributed by atoms with E-state index in [0.717, 1.165) is 0 Å². The molecule has 0 aliphatic rings. The highest BCUT2D eigenvalue weighted by molar-refractivity contribution is 5.74. The van der Waals surface area contributed by atoms with Crippen LogP contribution < -0.4 is 5.32 Å². The highest BCUT2D eigenvalue weighted by atomic mass is 19.1. The topological polar surface area (TPSA) is 72.8 Å². The molecule has 0 saturated heterocycles. The maximum absolute atomic E-state index is 13.3. The van der Waals surface area contributed by atoms with Crippen molar-refractivity contribution in [2.45, 2.75) is 6.42 Å². The second kappa shape index (κ2) is 8.44. The molecule has 19 heavy (non-hydrogen) atoms. The molecule has 0 aliphatic heterocycles. The lowest BCUT2D eigenvalue weighted by Crippen LogP contribution is -2.43. The van der Waals surface area contributed by atoms with Crippen LogP contribution in [-0.2, 0) is 6.42 Å². The third kappa shape index (κ3) is 5.23. The number of aliphatic hydroxyl groups excluding tert-OH is 2. The van der Waals surface area contributed by atoms with Gasteiger partial charge in [0.25, 0.3) is 0 Å². The summed E-state index contributed by atoms with van der Waals surface area (Å²) in [6.07, 6.45) is 0.393. The molecule has 0 aromatic heterocycles. The summed E-state index contributed by atoms with van der Waals surface area (Å²) < 4.78 is 13.3. The van der Waals surface area contributed by atoms with Gasteiger partial charge in [-0.3, -0.25) is 0 Å². The zero-order valence-electron chi connectivity index (χ0n) is 10.7. The highest BCUT2D eigenvalue weighted by Crippen LogP contribution is 2.06. The Kier molecular flexibility index (Phi) is 6.84. The number of hydrogen-bond donors (Lipinski definition) is 3. The first kappa shape index (κ1) is 15.4. The summed E-state index contributed by atoms with van der Waals surface area (Å²) in [5.41, 5.74) is 0.540. The number of amides is 2. The van der Waals surface area contributed by atoms with Crippen LogP contribution in [-0.4, -0.2) is 54.0 Å². The molecule has 0 aliphatic carbocycles. The minimum atomic E-state index is -0.376. The first-order chi connectivity index (χ1) is 9.19. The molecule has 1 rings (SSSR count). The SMILES string of the molecule is O=C(NCCc1ccccc1F)N(CCO)CCO. The van der Waals surface area contributed by atoms with Gasteiger partial charge in [-0.25, -0.2) is 9.18 Å². The summed E-state index contributed by atoms with van der Waals surface area (Å²) in [5, 5.41) is 20.2. The Morgan fingerprint density at radius 2 is 1.84 bits per heavy atom. The molecule has 1 aromatic carbocycles. The van der Waals surface area contributed by atoms with Crippen molar-refractivity contribution in [2.24, 2.45) is 0 Å². The number of carbonyl (C=O) groups is 1. The summed E-state index contributed by atoms with van der Waals surface area (Å²) in [6, 6.07) is 6.02. The largest absolute Gasteiger partial charge is 0.395 e. The van der Waals surface area contributed by atoms with E-state index in [1.807, 2.05) is 0 Å². The second-order valence-corrected chi connectivity index (χ2v) is 4.01. The predicted molar refractivity (Wildman–Crippen MR) is 69.2 cm³/mol. The fourth-order valence-electron chi connectivity index (χ4n) is 1.67. The van der Waals surface area contributed by atoms with Gasteiger partial charge in [-0.15, -0.1) is 0 Å². The Morgan fingerprint density at radius 3 is 2.42 bits per heavy atom. The molecule has 0 saturated carbocycles. The monoisotopic (exact) mass is 270 g/mol. The summed E-state index contributed by atoms with van der Waals surface area (Å²) in [4.78, 5) is 13.0. The molecule has 106 valence electrons. The van der Waals surface area contributed by atoms with E-state index >= 15 is 0 Å². The molecule has 0 spiro atoms. The fraction of sp³-hybridized carbons (Fsp3) is 0.462. The number of nitrogens with one attached hydrogen (secondary N) is 1. The minimum absolute atomic E-state index is 0.159. The van der Waals surface area contributed by atoms with Crippen molar-refractivity contribution in [1.29, 1.82) is 0 Å². The number of hydrogen-bond acceptors (Lipinski definition) is 3. The number of benzene rings is 1. The van der Waals surface area contributed by atoms with Gasteiger partial charge >= 0.3 is 6.03 Å². The van der Waals surface area contributed by atoms with Crippen molar-refractivity contribution in [3.05, 3.63) is 35.6 Å². The molecule has 6 heteroatoms. The lowest BCUT2D eigenvalue weighted by atomic mass is 10.1. The molecule has 5 nitrogen and oxygen atoms in total. The Hall–Kier alpha value is -1.66. The average Bonchev–Trinajstić information content (AvgIpc) is 2.40. The summed E-state index contributed by atoms with van der Waals surface area (Å²) in [7, 11) is 0. The molecule has 1 aromatic rings. The van der Waals surface area contributed by atoms with Gasteiger partial charge in [0.1, 0.15) is 5.82 Å². The van der Waals surface area contributed by atoms with E-state index in [4.69, 9.17) is 10.2 Å². The quantitative estimate of drug-likeness (QED) is 0.670. The summed E-state index contributed by atoms with van der Waals surface area (Å²) in [5.74, 6) is -0.292. The molecule has 3 N–H and O–H groups in total. The van der Waals surface area contributed by atoms with Gasteiger partial charge in [0.15, 0.2) is 0 Å². The van der Waals surface area contributed by atoms with Crippen molar-refractivity contribution >= 4 is 6.03 Å². The molecular weight excluding hydrogens is 251 g/mol. The highest BCUT2D eigenvalue weighted by Gasteiger charge is 2.11. The van der Waals surface area contributed by atoms with Crippen molar-refractivity contribution in [3.63, 3.8) is 0 Å². The van der Waals surface area contributed by atoms with E-state index in [1.165, 1.54) is 11.0 Å². The van der Waals surface area contributed by atoms with E-state index in [-0.39, 0.29) is 38.2 Å². The maximum Gasteiger partial charge on any atom is 0.317 e. The maximum atomic E-state index is 13.3. The van der Waals surface area contributed by atoms with E-state index in [0.29, 0.717) is 18.5 Å². The number of nitrogens with zero attached hydrogens (tertiary/aromatic N) is 1. The van der Waals surface area contributed by atoms with Crippen LogP contribution >= 0.6 is 0 Å². The molecular formula is C13H19FN2O3.